The van der Waals surface area contributed by atoms with Gasteiger partial charge in [0.05, 0.1) is 6.10 Å². The highest BCUT2D eigenvalue weighted by Crippen LogP contribution is 2.11. The maximum atomic E-state index is 9.15. The fraction of sp³-hybridized carbons (Fsp3) is 0.500. The molecule has 0 amide bonds. The number of hydrogen-bond donors (Lipinski definition) is 4. The SMILES string of the molecule is Cc1cc(/C(N)=N/O)ccc1CNCCCC(C)O. The Bertz CT molecular complexity index is 431. The van der Waals surface area contributed by atoms with Crippen LogP contribution < -0.4 is 11.1 Å². The number of nitrogens with two attached hydrogens (primary N) is 1. The summed E-state index contributed by atoms with van der Waals surface area (Å²) in [7, 11) is 0. The van der Waals surface area contributed by atoms with Crippen molar-refractivity contribution in [2.24, 2.45) is 10.9 Å². The number of rotatable bonds is 7. The number of oxime groups is 1. The number of benzene rings is 1. The molecule has 0 aliphatic carbocycles. The Morgan fingerprint density at radius 3 is 2.79 bits per heavy atom. The number of amidine groups is 1. The number of aryl methyl sites for hydroxylation is 1. The molecule has 1 aromatic rings. The van der Waals surface area contributed by atoms with Crippen LogP contribution in [0.15, 0.2) is 23.4 Å². The number of aliphatic hydroxyl groups is 1. The van der Waals surface area contributed by atoms with E-state index in [1.165, 1.54) is 5.56 Å². The van der Waals surface area contributed by atoms with Gasteiger partial charge in [-0.05, 0) is 50.4 Å². The van der Waals surface area contributed by atoms with Crippen LogP contribution in [0.5, 0.6) is 0 Å². The lowest BCUT2D eigenvalue weighted by Crippen LogP contribution is -2.18. The third-order valence-corrected chi connectivity index (χ3v) is 3.04. The zero-order valence-corrected chi connectivity index (χ0v) is 11.6. The van der Waals surface area contributed by atoms with E-state index >= 15 is 0 Å². The molecular formula is C14H23N3O2. The van der Waals surface area contributed by atoms with Crippen LogP contribution in [0.1, 0.15) is 36.5 Å². The van der Waals surface area contributed by atoms with E-state index in [9.17, 15) is 0 Å². The molecule has 5 N–H and O–H groups in total. The van der Waals surface area contributed by atoms with E-state index in [2.05, 4.69) is 10.5 Å². The highest BCUT2D eigenvalue weighted by atomic mass is 16.4. The number of aliphatic hydroxyl groups excluding tert-OH is 1. The van der Waals surface area contributed by atoms with Crippen LogP contribution in [0.2, 0.25) is 0 Å². The first-order valence-corrected chi connectivity index (χ1v) is 6.50. The topological polar surface area (TPSA) is 90.9 Å². The molecule has 0 saturated heterocycles. The molecule has 0 spiro atoms. The Morgan fingerprint density at radius 1 is 1.47 bits per heavy atom. The van der Waals surface area contributed by atoms with E-state index in [0.717, 1.165) is 37.1 Å². The Kier molecular flexibility index (Phi) is 6.32. The first kappa shape index (κ1) is 15.5. The summed E-state index contributed by atoms with van der Waals surface area (Å²) in [5, 5.41) is 24.1. The number of nitrogens with one attached hydrogen (secondary N) is 1. The quantitative estimate of drug-likeness (QED) is 0.197. The molecule has 0 saturated carbocycles. The van der Waals surface area contributed by atoms with Crippen molar-refractivity contribution in [1.29, 1.82) is 0 Å². The van der Waals surface area contributed by atoms with E-state index in [0.29, 0.717) is 0 Å². The molecule has 5 heteroatoms. The van der Waals surface area contributed by atoms with Crippen molar-refractivity contribution in [3.8, 4) is 0 Å². The largest absolute Gasteiger partial charge is 0.409 e. The molecule has 0 aliphatic rings. The standard InChI is InChI=1S/C14H23N3O2/c1-10-8-12(14(15)17-19)5-6-13(10)9-16-7-3-4-11(2)18/h5-6,8,11,16,18-19H,3-4,7,9H2,1-2H3,(H2,15,17). The van der Waals surface area contributed by atoms with Crippen molar-refractivity contribution in [3.63, 3.8) is 0 Å². The van der Waals surface area contributed by atoms with Gasteiger partial charge >= 0.3 is 0 Å². The second-order valence-corrected chi connectivity index (χ2v) is 4.79. The van der Waals surface area contributed by atoms with E-state index in [1.54, 1.807) is 6.92 Å². The molecule has 0 fully saturated rings. The minimum atomic E-state index is -0.233. The van der Waals surface area contributed by atoms with Gasteiger partial charge in [0.2, 0.25) is 0 Å². The van der Waals surface area contributed by atoms with E-state index < -0.39 is 0 Å². The minimum Gasteiger partial charge on any atom is -0.409 e. The maximum Gasteiger partial charge on any atom is 0.170 e. The molecule has 0 aliphatic heterocycles. The average Bonchev–Trinajstić information content (AvgIpc) is 2.38. The molecular weight excluding hydrogens is 242 g/mol. The van der Waals surface area contributed by atoms with Gasteiger partial charge in [0.15, 0.2) is 5.84 Å². The lowest BCUT2D eigenvalue weighted by molar-refractivity contribution is 0.181. The minimum absolute atomic E-state index is 0.125. The van der Waals surface area contributed by atoms with Crippen molar-refractivity contribution in [2.75, 3.05) is 6.54 Å². The number of hydrogen-bond acceptors (Lipinski definition) is 4. The summed E-state index contributed by atoms with van der Waals surface area (Å²) in [5.41, 5.74) is 8.55. The third kappa shape index (κ3) is 5.28. The Labute approximate surface area is 114 Å². The fourth-order valence-electron chi connectivity index (χ4n) is 1.86. The molecule has 1 atom stereocenters. The Hall–Kier alpha value is -1.59. The van der Waals surface area contributed by atoms with Crippen LogP contribution in [0.25, 0.3) is 0 Å². The van der Waals surface area contributed by atoms with Crippen molar-refractivity contribution in [1.82, 2.24) is 5.32 Å². The molecule has 0 heterocycles. The van der Waals surface area contributed by atoms with Gasteiger partial charge in [-0.15, -0.1) is 0 Å². The lowest BCUT2D eigenvalue weighted by Gasteiger charge is -2.10. The summed E-state index contributed by atoms with van der Waals surface area (Å²) in [5.74, 6) is 0.125. The molecule has 0 aromatic heterocycles. The highest BCUT2D eigenvalue weighted by molar-refractivity contribution is 5.97. The molecule has 19 heavy (non-hydrogen) atoms. The molecule has 1 unspecified atom stereocenters. The van der Waals surface area contributed by atoms with Crippen LogP contribution in [0, 0.1) is 6.92 Å². The van der Waals surface area contributed by atoms with Crippen molar-refractivity contribution in [3.05, 3.63) is 34.9 Å². The monoisotopic (exact) mass is 265 g/mol. The van der Waals surface area contributed by atoms with Crippen LogP contribution in [-0.4, -0.2) is 28.8 Å². The van der Waals surface area contributed by atoms with Crippen molar-refractivity contribution in [2.45, 2.75) is 39.3 Å². The van der Waals surface area contributed by atoms with Crippen molar-refractivity contribution >= 4 is 5.84 Å². The molecule has 106 valence electrons. The zero-order valence-electron chi connectivity index (χ0n) is 11.6. The van der Waals surface area contributed by atoms with Crippen molar-refractivity contribution < 1.29 is 10.3 Å². The first-order valence-electron chi connectivity index (χ1n) is 6.50. The predicted octanol–water partition coefficient (Wildman–Crippen LogP) is 1.34. The van der Waals surface area contributed by atoms with Gasteiger partial charge in [-0.1, -0.05) is 17.3 Å². The zero-order chi connectivity index (χ0) is 14.3. The van der Waals surface area contributed by atoms with Gasteiger partial charge in [0.25, 0.3) is 0 Å². The summed E-state index contributed by atoms with van der Waals surface area (Å²) in [6.07, 6.45) is 1.54. The second kappa shape index (κ2) is 7.76. The average molecular weight is 265 g/mol. The summed E-state index contributed by atoms with van der Waals surface area (Å²) >= 11 is 0. The predicted molar refractivity (Wildman–Crippen MR) is 76.3 cm³/mol. The van der Waals surface area contributed by atoms with Crippen LogP contribution >= 0.6 is 0 Å². The summed E-state index contributed by atoms with van der Waals surface area (Å²) in [4.78, 5) is 0. The van der Waals surface area contributed by atoms with E-state index in [4.69, 9.17) is 16.0 Å². The van der Waals surface area contributed by atoms with Gasteiger partial charge in [0.1, 0.15) is 0 Å². The summed E-state index contributed by atoms with van der Waals surface area (Å²) in [6.45, 7) is 5.46. The van der Waals surface area contributed by atoms with E-state index in [-0.39, 0.29) is 11.9 Å². The van der Waals surface area contributed by atoms with Gasteiger partial charge in [-0.3, -0.25) is 0 Å². The lowest BCUT2D eigenvalue weighted by atomic mass is 10.0. The van der Waals surface area contributed by atoms with Gasteiger partial charge in [0, 0.05) is 12.1 Å². The van der Waals surface area contributed by atoms with E-state index in [1.807, 2.05) is 25.1 Å². The maximum absolute atomic E-state index is 9.15. The molecule has 1 aromatic carbocycles. The Balaban J connectivity index is 2.47. The van der Waals surface area contributed by atoms with Gasteiger partial charge in [-0.25, -0.2) is 0 Å². The molecule has 5 nitrogen and oxygen atoms in total. The summed E-state index contributed by atoms with van der Waals surface area (Å²) in [6, 6.07) is 5.72. The highest BCUT2D eigenvalue weighted by Gasteiger charge is 2.03. The second-order valence-electron chi connectivity index (χ2n) is 4.79. The molecule has 0 radical (unpaired) electrons. The summed E-state index contributed by atoms with van der Waals surface area (Å²) < 4.78 is 0. The Morgan fingerprint density at radius 2 is 2.21 bits per heavy atom. The normalized spacial score (nSPS) is 13.5. The molecule has 0 bridgehead atoms. The van der Waals surface area contributed by atoms with Gasteiger partial charge < -0.3 is 21.4 Å². The van der Waals surface area contributed by atoms with Crippen LogP contribution in [0.3, 0.4) is 0 Å². The first-order chi connectivity index (χ1) is 9.04. The van der Waals surface area contributed by atoms with Gasteiger partial charge in [-0.2, -0.15) is 0 Å². The number of nitrogens with zero attached hydrogens (tertiary/aromatic N) is 1. The van der Waals surface area contributed by atoms with Crippen LogP contribution in [-0.2, 0) is 6.54 Å². The smallest absolute Gasteiger partial charge is 0.170 e. The van der Waals surface area contributed by atoms with Crippen LogP contribution in [0.4, 0.5) is 0 Å². The molecule has 1 rings (SSSR count). The third-order valence-electron chi connectivity index (χ3n) is 3.04. The fourth-order valence-corrected chi connectivity index (χ4v) is 1.86.